The Balaban J connectivity index is 2.29. The minimum atomic E-state index is -1.000. The molecule has 1 aliphatic rings. The Morgan fingerprint density at radius 2 is 2.30 bits per heavy atom. The Morgan fingerprint density at radius 1 is 1.55 bits per heavy atom. The van der Waals surface area contributed by atoms with Crippen molar-refractivity contribution in [1.82, 2.24) is 0 Å². The number of halogens is 1. The lowest BCUT2D eigenvalue weighted by Gasteiger charge is -2.20. The molecule has 2 N–H and O–H groups in total. The van der Waals surface area contributed by atoms with E-state index in [0.29, 0.717) is 17.9 Å². The first-order valence-corrected chi connectivity index (χ1v) is 6.59. The summed E-state index contributed by atoms with van der Waals surface area (Å²) in [4.78, 5) is 24.3. The lowest BCUT2D eigenvalue weighted by Crippen LogP contribution is -2.27. The Labute approximate surface area is 116 Å². The number of carbonyl (C=O) groups is 2. The molecule has 0 aliphatic carbocycles. The van der Waals surface area contributed by atoms with Crippen LogP contribution in [-0.4, -0.2) is 30.1 Å². The highest BCUT2D eigenvalue weighted by Gasteiger charge is 2.36. The predicted octanol–water partition coefficient (Wildman–Crippen LogP) is 2.09. The molecular formula is C14H17FN2O3. The molecule has 1 fully saturated rings. The summed E-state index contributed by atoms with van der Waals surface area (Å²) in [5, 5.41) is 12.1. The monoisotopic (exact) mass is 280 g/mol. The second kappa shape index (κ2) is 5.90. The van der Waals surface area contributed by atoms with E-state index in [4.69, 9.17) is 5.11 Å². The summed E-state index contributed by atoms with van der Waals surface area (Å²) >= 11 is 0. The molecule has 2 rings (SSSR count). The number of rotatable bonds is 5. The third-order valence-corrected chi connectivity index (χ3v) is 3.29. The molecule has 1 aromatic carbocycles. The van der Waals surface area contributed by atoms with Crippen molar-refractivity contribution in [3.63, 3.8) is 0 Å². The summed E-state index contributed by atoms with van der Waals surface area (Å²) in [5.41, 5.74) is 1.06. The SMILES string of the molecule is CCCNc1ccc(F)cc1N1CC(C(=O)O)CC1=O. The van der Waals surface area contributed by atoms with E-state index in [1.54, 1.807) is 6.07 Å². The van der Waals surface area contributed by atoms with Gasteiger partial charge in [-0.25, -0.2) is 4.39 Å². The molecular weight excluding hydrogens is 263 g/mol. The summed E-state index contributed by atoms with van der Waals surface area (Å²) in [7, 11) is 0. The smallest absolute Gasteiger partial charge is 0.308 e. The van der Waals surface area contributed by atoms with Gasteiger partial charge in [0.25, 0.3) is 0 Å². The van der Waals surface area contributed by atoms with Gasteiger partial charge in [-0.3, -0.25) is 9.59 Å². The van der Waals surface area contributed by atoms with Gasteiger partial charge in [0.05, 0.1) is 17.3 Å². The predicted molar refractivity (Wildman–Crippen MR) is 73.3 cm³/mol. The summed E-state index contributed by atoms with van der Waals surface area (Å²) < 4.78 is 13.4. The number of hydrogen-bond donors (Lipinski definition) is 2. The summed E-state index contributed by atoms with van der Waals surface area (Å²) in [5.74, 6) is -2.47. The largest absolute Gasteiger partial charge is 0.481 e. The number of hydrogen-bond acceptors (Lipinski definition) is 3. The van der Waals surface area contributed by atoms with E-state index in [9.17, 15) is 14.0 Å². The van der Waals surface area contributed by atoms with Crippen molar-refractivity contribution in [3.05, 3.63) is 24.0 Å². The highest BCUT2D eigenvalue weighted by atomic mass is 19.1. The number of nitrogens with one attached hydrogen (secondary N) is 1. The summed E-state index contributed by atoms with van der Waals surface area (Å²) in [6.45, 7) is 2.78. The first-order valence-electron chi connectivity index (χ1n) is 6.59. The standard InChI is InChI=1S/C14H17FN2O3/c1-2-5-16-11-4-3-10(15)7-12(11)17-8-9(14(19)20)6-13(17)18/h3-4,7,9,16H,2,5-6,8H2,1H3,(H,19,20). The van der Waals surface area contributed by atoms with E-state index >= 15 is 0 Å². The Hall–Kier alpha value is -2.11. The van der Waals surface area contributed by atoms with Crippen LogP contribution in [0, 0.1) is 11.7 Å². The molecule has 1 amide bonds. The zero-order chi connectivity index (χ0) is 14.7. The van der Waals surface area contributed by atoms with Crippen LogP contribution in [0.5, 0.6) is 0 Å². The number of nitrogens with zero attached hydrogens (tertiary/aromatic N) is 1. The van der Waals surface area contributed by atoms with Gasteiger partial charge in [-0.2, -0.15) is 0 Å². The van der Waals surface area contributed by atoms with E-state index in [2.05, 4.69) is 5.32 Å². The molecule has 1 unspecified atom stereocenters. The lowest BCUT2D eigenvalue weighted by atomic mass is 10.1. The molecule has 1 atom stereocenters. The molecule has 0 bridgehead atoms. The molecule has 0 spiro atoms. The van der Waals surface area contributed by atoms with E-state index in [0.717, 1.165) is 6.42 Å². The van der Waals surface area contributed by atoms with Crippen LogP contribution in [0.1, 0.15) is 19.8 Å². The molecule has 1 aliphatic heterocycles. The Kier molecular flexibility index (Phi) is 4.22. The van der Waals surface area contributed by atoms with Gasteiger partial charge in [0.15, 0.2) is 0 Å². The van der Waals surface area contributed by atoms with Crippen LogP contribution in [0.15, 0.2) is 18.2 Å². The lowest BCUT2D eigenvalue weighted by molar-refractivity contribution is -0.141. The van der Waals surface area contributed by atoms with Crippen LogP contribution in [0.2, 0.25) is 0 Å². The average Bonchev–Trinajstić information content (AvgIpc) is 2.79. The van der Waals surface area contributed by atoms with Crippen molar-refractivity contribution in [3.8, 4) is 0 Å². The molecule has 0 saturated carbocycles. The van der Waals surface area contributed by atoms with Crippen LogP contribution < -0.4 is 10.2 Å². The number of carbonyl (C=O) groups excluding carboxylic acids is 1. The highest BCUT2D eigenvalue weighted by molar-refractivity contribution is 6.01. The van der Waals surface area contributed by atoms with Crippen molar-refractivity contribution < 1.29 is 19.1 Å². The first-order chi connectivity index (χ1) is 9.52. The zero-order valence-electron chi connectivity index (χ0n) is 11.2. The normalized spacial score (nSPS) is 18.4. The zero-order valence-corrected chi connectivity index (χ0v) is 11.2. The molecule has 6 heteroatoms. The molecule has 1 saturated heterocycles. The van der Waals surface area contributed by atoms with Gasteiger partial charge in [-0.15, -0.1) is 0 Å². The number of anilines is 2. The fourth-order valence-electron chi connectivity index (χ4n) is 2.24. The molecule has 108 valence electrons. The van der Waals surface area contributed by atoms with Crippen molar-refractivity contribution in [2.45, 2.75) is 19.8 Å². The molecule has 0 radical (unpaired) electrons. The number of benzene rings is 1. The fraction of sp³-hybridized carbons (Fsp3) is 0.429. The first kappa shape index (κ1) is 14.3. The van der Waals surface area contributed by atoms with Crippen LogP contribution in [0.3, 0.4) is 0 Å². The van der Waals surface area contributed by atoms with E-state index in [1.807, 2.05) is 6.92 Å². The number of carboxylic acids is 1. The molecule has 1 heterocycles. The minimum absolute atomic E-state index is 0.0426. The van der Waals surface area contributed by atoms with Gasteiger partial charge in [0.1, 0.15) is 5.82 Å². The summed E-state index contributed by atoms with van der Waals surface area (Å²) in [6, 6.07) is 4.15. The third kappa shape index (κ3) is 2.89. The number of aliphatic carboxylic acids is 1. The maximum absolute atomic E-state index is 13.4. The van der Waals surface area contributed by atoms with Crippen molar-refractivity contribution in [1.29, 1.82) is 0 Å². The van der Waals surface area contributed by atoms with Crippen LogP contribution in [0.25, 0.3) is 0 Å². The van der Waals surface area contributed by atoms with E-state index < -0.39 is 17.7 Å². The highest BCUT2D eigenvalue weighted by Crippen LogP contribution is 2.32. The molecule has 20 heavy (non-hydrogen) atoms. The molecule has 1 aromatic rings. The number of amides is 1. The van der Waals surface area contributed by atoms with Crippen LogP contribution in [0.4, 0.5) is 15.8 Å². The Bertz CT molecular complexity index is 533. The van der Waals surface area contributed by atoms with Crippen molar-refractivity contribution >= 4 is 23.3 Å². The van der Waals surface area contributed by atoms with Gasteiger partial charge >= 0.3 is 5.97 Å². The van der Waals surface area contributed by atoms with Crippen molar-refractivity contribution in [2.24, 2.45) is 5.92 Å². The van der Waals surface area contributed by atoms with Gasteiger partial charge in [-0.1, -0.05) is 6.92 Å². The fourth-order valence-corrected chi connectivity index (χ4v) is 2.24. The maximum atomic E-state index is 13.4. The third-order valence-electron chi connectivity index (χ3n) is 3.29. The quantitative estimate of drug-likeness (QED) is 0.866. The topological polar surface area (TPSA) is 69.6 Å². The van der Waals surface area contributed by atoms with Gasteiger partial charge < -0.3 is 15.3 Å². The van der Waals surface area contributed by atoms with Gasteiger partial charge in [0, 0.05) is 19.5 Å². The van der Waals surface area contributed by atoms with Gasteiger partial charge in [-0.05, 0) is 24.6 Å². The average molecular weight is 280 g/mol. The van der Waals surface area contributed by atoms with Gasteiger partial charge in [0.2, 0.25) is 5.91 Å². The summed E-state index contributed by atoms with van der Waals surface area (Å²) in [6.07, 6.45) is 0.849. The Morgan fingerprint density at radius 3 is 2.90 bits per heavy atom. The van der Waals surface area contributed by atoms with E-state index in [-0.39, 0.29) is 18.9 Å². The second-order valence-corrected chi connectivity index (χ2v) is 4.83. The number of carboxylic acid groups (broad SMARTS) is 1. The van der Waals surface area contributed by atoms with E-state index in [1.165, 1.54) is 17.0 Å². The van der Waals surface area contributed by atoms with Crippen molar-refractivity contribution in [2.75, 3.05) is 23.3 Å². The molecule has 5 nitrogen and oxygen atoms in total. The minimum Gasteiger partial charge on any atom is -0.481 e. The van der Waals surface area contributed by atoms with Crippen LogP contribution in [-0.2, 0) is 9.59 Å². The maximum Gasteiger partial charge on any atom is 0.308 e. The second-order valence-electron chi connectivity index (χ2n) is 4.83. The van der Waals surface area contributed by atoms with Crippen LogP contribution >= 0.6 is 0 Å². The molecule has 0 aromatic heterocycles.